The molecule has 2 aromatic rings. The van der Waals surface area contributed by atoms with Gasteiger partial charge in [-0.3, -0.25) is 0 Å². The van der Waals surface area contributed by atoms with Crippen LogP contribution in [0.1, 0.15) is 20.8 Å². The van der Waals surface area contributed by atoms with Gasteiger partial charge >= 0.3 is 0 Å². The number of halogens is 1. The highest BCUT2D eigenvalue weighted by Crippen LogP contribution is 2.36. The fourth-order valence-electron chi connectivity index (χ4n) is 5.15. The predicted octanol–water partition coefficient (Wildman–Crippen LogP) is 3.70. The van der Waals surface area contributed by atoms with Gasteiger partial charge in [0.25, 0.3) is 8.32 Å². The molecule has 0 bridgehead atoms. The largest absolute Gasteiger partial charge is 0.405 e. The van der Waals surface area contributed by atoms with Crippen molar-refractivity contribution in [2.24, 2.45) is 0 Å². The van der Waals surface area contributed by atoms with E-state index in [9.17, 15) is 4.39 Å². The fraction of sp³-hybridized carbons (Fsp3) is 0.684. The molecule has 0 aromatic heterocycles. The summed E-state index contributed by atoms with van der Waals surface area (Å²) in [6, 6.07) is 21.3. The molecule has 0 aliphatic heterocycles. The van der Waals surface area contributed by atoms with Crippen molar-refractivity contribution in [2.75, 3.05) is 145 Å². The number of benzene rings is 2. The molecule has 0 spiro atoms. The zero-order valence-electron chi connectivity index (χ0n) is 31.2. The Bertz CT molecular complexity index is 994. The highest BCUT2D eigenvalue weighted by atomic mass is 28.4. The lowest BCUT2D eigenvalue weighted by Gasteiger charge is -2.43. The first-order valence-electron chi connectivity index (χ1n) is 18.1. The minimum absolute atomic E-state index is 0.0585. The lowest BCUT2D eigenvalue weighted by molar-refractivity contribution is -0.0268. The van der Waals surface area contributed by atoms with Gasteiger partial charge in [0.2, 0.25) is 0 Å². The lowest BCUT2D eigenvalue weighted by Crippen LogP contribution is -2.66. The van der Waals surface area contributed by atoms with Crippen molar-refractivity contribution in [3.05, 3.63) is 60.7 Å². The third-order valence-corrected chi connectivity index (χ3v) is 12.6. The molecule has 0 aliphatic carbocycles. The van der Waals surface area contributed by atoms with E-state index in [0.717, 1.165) is 0 Å². The molecule has 0 unspecified atom stereocenters. The Morgan fingerprint density at radius 3 is 0.843 bits per heavy atom. The fourth-order valence-corrected chi connectivity index (χ4v) is 9.70. The summed E-state index contributed by atoms with van der Waals surface area (Å²) in [4.78, 5) is 0. The van der Waals surface area contributed by atoms with Crippen LogP contribution >= 0.6 is 0 Å². The Labute approximate surface area is 306 Å². The Morgan fingerprint density at radius 1 is 0.373 bits per heavy atom. The second-order valence-electron chi connectivity index (χ2n) is 12.3. The standard InChI is InChI=1S/C38H63FO11Si/c1-38(2,3)51(36-10-6-4-7-11-36,37-12-8-5-9-13-37)50-35-34-49-33-32-48-31-30-47-29-28-46-27-26-45-25-24-44-23-22-43-21-20-42-19-18-41-17-16-40-15-14-39/h4-13H,14-35H2,1-3H3. The van der Waals surface area contributed by atoms with Crippen LogP contribution in [-0.4, -0.2) is 154 Å². The normalized spacial score (nSPS) is 12.2. The molecule has 13 heteroatoms. The van der Waals surface area contributed by atoms with Gasteiger partial charge in [0.1, 0.15) is 6.67 Å². The molecule has 2 rings (SSSR count). The zero-order valence-corrected chi connectivity index (χ0v) is 32.2. The molecule has 0 radical (unpaired) electrons. The van der Waals surface area contributed by atoms with Gasteiger partial charge in [-0.2, -0.15) is 0 Å². The Kier molecular flexibility index (Phi) is 27.2. The Balaban J connectivity index is 1.33. The average Bonchev–Trinajstić information content (AvgIpc) is 3.14. The molecular weight excluding hydrogens is 679 g/mol. The summed E-state index contributed by atoms with van der Waals surface area (Å²) in [6.45, 7) is 16.2. The molecule has 0 heterocycles. The molecule has 0 N–H and O–H groups in total. The van der Waals surface area contributed by atoms with Gasteiger partial charge in [-0.1, -0.05) is 81.4 Å². The third kappa shape index (κ3) is 20.8. The van der Waals surface area contributed by atoms with Crippen molar-refractivity contribution < 1.29 is 56.2 Å². The number of alkyl halides is 1. The monoisotopic (exact) mass is 742 g/mol. The molecule has 0 amide bonds. The maximum atomic E-state index is 11.9. The quantitative estimate of drug-likeness (QED) is 0.0764. The minimum atomic E-state index is -2.54. The maximum Gasteiger partial charge on any atom is 0.261 e. The number of hydrogen-bond donors (Lipinski definition) is 0. The molecule has 0 aliphatic rings. The molecular formula is C38H63FO11Si. The van der Waals surface area contributed by atoms with E-state index in [1.54, 1.807) is 0 Å². The van der Waals surface area contributed by atoms with Crippen molar-refractivity contribution >= 4 is 18.7 Å². The number of ether oxygens (including phenoxy) is 10. The van der Waals surface area contributed by atoms with E-state index >= 15 is 0 Å². The minimum Gasteiger partial charge on any atom is -0.405 e. The molecule has 11 nitrogen and oxygen atoms in total. The van der Waals surface area contributed by atoms with Crippen LogP contribution in [0.3, 0.4) is 0 Å². The van der Waals surface area contributed by atoms with Gasteiger partial charge in [0, 0.05) is 0 Å². The van der Waals surface area contributed by atoms with Gasteiger partial charge in [0.05, 0.1) is 139 Å². The summed E-state index contributed by atoms with van der Waals surface area (Å²) >= 11 is 0. The summed E-state index contributed by atoms with van der Waals surface area (Å²) in [7, 11) is -2.54. The molecule has 0 saturated heterocycles. The Hall–Kier alpha value is -1.85. The summed E-state index contributed by atoms with van der Waals surface area (Å²) in [5.41, 5.74) is 0. The predicted molar refractivity (Wildman–Crippen MR) is 198 cm³/mol. The molecule has 292 valence electrons. The van der Waals surface area contributed by atoms with Crippen molar-refractivity contribution in [1.82, 2.24) is 0 Å². The van der Waals surface area contributed by atoms with Gasteiger partial charge in [0.15, 0.2) is 0 Å². The number of hydrogen-bond acceptors (Lipinski definition) is 11. The highest BCUT2D eigenvalue weighted by Gasteiger charge is 2.50. The summed E-state index contributed by atoms with van der Waals surface area (Å²) in [5.74, 6) is 0. The molecule has 0 fully saturated rings. The molecule has 0 atom stereocenters. The van der Waals surface area contributed by atoms with E-state index in [-0.39, 0.29) is 11.6 Å². The molecule has 2 aromatic carbocycles. The van der Waals surface area contributed by atoms with Crippen LogP contribution in [-0.2, 0) is 51.8 Å². The van der Waals surface area contributed by atoms with E-state index in [4.69, 9.17) is 51.8 Å². The van der Waals surface area contributed by atoms with Crippen LogP contribution in [0.25, 0.3) is 0 Å². The van der Waals surface area contributed by atoms with Gasteiger partial charge in [-0.15, -0.1) is 0 Å². The maximum absolute atomic E-state index is 11.9. The van der Waals surface area contributed by atoms with Crippen LogP contribution in [0.4, 0.5) is 4.39 Å². The molecule has 0 saturated carbocycles. The third-order valence-electron chi connectivity index (χ3n) is 7.53. The van der Waals surface area contributed by atoms with Crippen LogP contribution in [0.5, 0.6) is 0 Å². The number of rotatable bonds is 35. The Morgan fingerprint density at radius 2 is 0.608 bits per heavy atom. The van der Waals surface area contributed by atoms with Gasteiger partial charge in [-0.25, -0.2) is 4.39 Å². The summed E-state index contributed by atoms with van der Waals surface area (Å²) < 4.78 is 73.4. The van der Waals surface area contributed by atoms with E-state index in [0.29, 0.717) is 132 Å². The van der Waals surface area contributed by atoms with Crippen molar-refractivity contribution in [3.63, 3.8) is 0 Å². The average molecular weight is 743 g/mol. The van der Waals surface area contributed by atoms with Crippen LogP contribution in [0.2, 0.25) is 5.04 Å². The smallest absolute Gasteiger partial charge is 0.261 e. The van der Waals surface area contributed by atoms with Crippen LogP contribution in [0.15, 0.2) is 60.7 Å². The molecule has 51 heavy (non-hydrogen) atoms. The van der Waals surface area contributed by atoms with Crippen LogP contribution in [0, 0.1) is 0 Å². The van der Waals surface area contributed by atoms with Gasteiger partial charge < -0.3 is 51.8 Å². The first kappa shape index (κ1) is 45.3. The SMILES string of the molecule is CC(C)(C)[Si](OCCOCCOCCOCCOCCOCCOCCOCCOCCOCCOCCF)(c1ccccc1)c1ccccc1. The lowest BCUT2D eigenvalue weighted by atomic mass is 10.2. The van der Waals surface area contributed by atoms with Crippen molar-refractivity contribution in [3.8, 4) is 0 Å². The van der Waals surface area contributed by atoms with E-state index < -0.39 is 15.0 Å². The second-order valence-corrected chi connectivity index (χ2v) is 16.6. The van der Waals surface area contributed by atoms with Crippen LogP contribution < -0.4 is 10.4 Å². The topological polar surface area (TPSA) is 102 Å². The van der Waals surface area contributed by atoms with Crippen molar-refractivity contribution in [1.29, 1.82) is 0 Å². The second kappa shape index (κ2) is 30.6. The van der Waals surface area contributed by atoms with E-state index in [1.807, 2.05) is 0 Å². The van der Waals surface area contributed by atoms with Crippen molar-refractivity contribution in [2.45, 2.75) is 25.8 Å². The highest BCUT2D eigenvalue weighted by molar-refractivity contribution is 6.99. The van der Waals surface area contributed by atoms with E-state index in [1.165, 1.54) is 10.4 Å². The first-order valence-corrected chi connectivity index (χ1v) is 20.0. The van der Waals surface area contributed by atoms with E-state index in [2.05, 4.69) is 81.4 Å². The summed E-state index contributed by atoms with van der Waals surface area (Å²) in [6.07, 6.45) is 0. The summed E-state index contributed by atoms with van der Waals surface area (Å²) in [5, 5.41) is 2.47. The van der Waals surface area contributed by atoms with Gasteiger partial charge in [-0.05, 0) is 15.4 Å². The zero-order chi connectivity index (χ0) is 36.6. The first-order chi connectivity index (χ1) is 25.0.